The van der Waals surface area contributed by atoms with E-state index < -0.39 is 0 Å². The lowest BCUT2D eigenvalue weighted by Gasteiger charge is -2.14. The van der Waals surface area contributed by atoms with Crippen LogP contribution in [0.3, 0.4) is 0 Å². The molecule has 1 unspecified atom stereocenters. The number of fused-ring (bicyclic) bond motifs is 3. The monoisotopic (exact) mass is 337 g/mol. The van der Waals surface area contributed by atoms with E-state index in [2.05, 4.69) is 41.1 Å². The summed E-state index contributed by atoms with van der Waals surface area (Å²) in [6.07, 6.45) is 8.88. The van der Waals surface area contributed by atoms with E-state index in [1.807, 2.05) is 26.2 Å². The molecule has 2 heterocycles. The van der Waals surface area contributed by atoms with E-state index in [1.165, 1.54) is 11.3 Å². The Morgan fingerprint density at radius 2 is 2.17 bits per heavy atom. The van der Waals surface area contributed by atoms with E-state index in [9.17, 15) is 4.79 Å². The Labute approximate surface area is 144 Å². The van der Waals surface area contributed by atoms with Gasteiger partial charge in [-0.3, -0.25) is 9.36 Å². The molecule has 5 heteroatoms. The molecule has 24 heavy (non-hydrogen) atoms. The van der Waals surface area contributed by atoms with Crippen LogP contribution in [0, 0.1) is 5.92 Å². The van der Waals surface area contributed by atoms with Gasteiger partial charge in [-0.25, -0.2) is 4.98 Å². The molecule has 2 aromatic heterocycles. The Bertz CT molecular complexity index is 1060. The maximum absolute atomic E-state index is 13.0. The summed E-state index contributed by atoms with van der Waals surface area (Å²) in [4.78, 5) is 19.7. The van der Waals surface area contributed by atoms with Crippen LogP contribution in [0.2, 0.25) is 0 Å². The van der Waals surface area contributed by atoms with Crippen molar-refractivity contribution >= 4 is 43.0 Å². The highest BCUT2D eigenvalue weighted by Gasteiger charge is 2.16. The third-order valence-corrected chi connectivity index (χ3v) is 5.57. The molecular formula is C19H19N3OS. The fourth-order valence-electron chi connectivity index (χ4n) is 3.11. The number of benzene rings is 1. The molecule has 0 spiro atoms. The standard InChI is InChI=1S/C19H19N3OS/c1-12-7-9-13(10-8-12)22-11-20-17-16-14(21(2)3)5-4-6-15(16)24-18(17)19(22)23/h4-7,9-12H,8H2,1-3H3. The van der Waals surface area contributed by atoms with E-state index >= 15 is 0 Å². The van der Waals surface area contributed by atoms with E-state index in [1.54, 1.807) is 10.9 Å². The van der Waals surface area contributed by atoms with Gasteiger partial charge in [0.1, 0.15) is 11.0 Å². The van der Waals surface area contributed by atoms with E-state index in [0.29, 0.717) is 5.92 Å². The van der Waals surface area contributed by atoms with Crippen LogP contribution in [-0.4, -0.2) is 23.6 Å². The van der Waals surface area contributed by atoms with Crippen molar-refractivity contribution in [1.82, 2.24) is 9.55 Å². The average molecular weight is 337 g/mol. The van der Waals surface area contributed by atoms with Gasteiger partial charge in [-0.1, -0.05) is 25.1 Å². The number of anilines is 1. The lowest BCUT2D eigenvalue weighted by Crippen LogP contribution is -2.19. The summed E-state index contributed by atoms with van der Waals surface area (Å²) in [5, 5.41) is 1.06. The molecule has 0 radical (unpaired) electrons. The van der Waals surface area contributed by atoms with E-state index in [4.69, 9.17) is 0 Å². The van der Waals surface area contributed by atoms with Crippen molar-refractivity contribution in [1.29, 1.82) is 0 Å². The van der Waals surface area contributed by atoms with Crippen molar-refractivity contribution in [3.63, 3.8) is 0 Å². The van der Waals surface area contributed by atoms with Gasteiger partial charge in [0.2, 0.25) is 0 Å². The molecule has 4 nitrogen and oxygen atoms in total. The van der Waals surface area contributed by atoms with Gasteiger partial charge in [0.15, 0.2) is 0 Å². The van der Waals surface area contributed by atoms with Crippen LogP contribution < -0.4 is 10.5 Å². The van der Waals surface area contributed by atoms with Gasteiger partial charge in [-0.05, 0) is 30.5 Å². The van der Waals surface area contributed by atoms with Crippen molar-refractivity contribution in [2.75, 3.05) is 19.0 Å². The van der Waals surface area contributed by atoms with Gasteiger partial charge in [0.05, 0.1) is 5.52 Å². The molecule has 1 aliphatic rings. The van der Waals surface area contributed by atoms with Gasteiger partial charge in [0.25, 0.3) is 5.56 Å². The molecule has 122 valence electrons. The summed E-state index contributed by atoms with van der Waals surface area (Å²) >= 11 is 1.52. The lowest BCUT2D eigenvalue weighted by atomic mass is 10.0. The molecule has 1 atom stereocenters. The molecule has 4 rings (SSSR count). The number of allylic oxidation sites excluding steroid dienone is 4. The number of rotatable bonds is 2. The van der Waals surface area contributed by atoms with Crippen LogP contribution in [-0.2, 0) is 0 Å². The topological polar surface area (TPSA) is 38.1 Å². The number of thiophene rings is 1. The number of hydrogen-bond donors (Lipinski definition) is 0. The van der Waals surface area contributed by atoms with Crippen LogP contribution in [0.15, 0.2) is 47.5 Å². The van der Waals surface area contributed by atoms with Crippen LogP contribution >= 0.6 is 11.3 Å². The minimum absolute atomic E-state index is 0.0105. The molecule has 0 aliphatic heterocycles. The first-order chi connectivity index (χ1) is 11.6. The van der Waals surface area contributed by atoms with Crippen LogP contribution in [0.1, 0.15) is 13.3 Å². The summed E-state index contributed by atoms with van der Waals surface area (Å²) < 4.78 is 3.48. The van der Waals surface area contributed by atoms with Gasteiger partial charge in [-0.15, -0.1) is 11.3 Å². The molecule has 1 aliphatic carbocycles. The first-order valence-corrected chi connectivity index (χ1v) is 8.87. The van der Waals surface area contributed by atoms with Crippen molar-refractivity contribution < 1.29 is 0 Å². The second kappa shape index (κ2) is 5.60. The van der Waals surface area contributed by atoms with Crippen molar-refractivity contribution in [3.8, 4) is 0 Å². The Kier molecular flexibility index (Phi) is 3.53. The highest BCUT2D eigenvalue weighted by molar-refractivity contribution is 7.25. The highest BCUT2D eigenvalue weighted by Crippen LogP contribution is 2.36. The first-order valence-electron chi connectivity index (χ1n) is 8.05. The van der Waals surface area contributed by atoms with Crippen LogP contribution in [0.5, 0.6) is 0 Å². The minimum atomic E-state index is 0.0105. The molecule has 0 fully saturated rings. The molecule has 3 aromatic rings. The smallest absolute Gasteiger partial charge is 0.275 e. The molecule has 1 aromatic carbocycles. The Morgan fingerprint density at radius 3 is 2.88 bits per heavy atom. The summed E-state index contributed by atoms with van der Waals surface area (Å²) in [7, 11) is 4.02. The maximum atomic E-state index is 13.0. The fourth-order valence-corrected chi connectivity index (χ4v) is 4.22. The van der Waals surface area contributed by atoms with Crippen molar-refractivity contribution in [3.05, 3.63) is 53.1 Å². The quantitative estimate of drug-likeness (QED) is 0.706. The first kappa shape index (κ1) is 15.1. The highest BCUT2D eigenvalue weighted by atomic mass is 32.1. The van der Waals surface area contributed by atoms with E-state index in [0.717, 1.165) is 38.1 Å². The third-order valence-electron chi connectivity index (χ3n) is 4.44. The fraction of sp³-hybridized carbons (Fsp3) is 0.263. The molecule has 0 bridgehead atoms. The summed E-state index contributed by atoms with van der Waals surface area (Å²) in [6.45, 7) is 2.17. The van der Waals surface area contributed by atoms with Gasteiger partial charge in [0, 0.05) is 35.6 Å². The Hall–Kier alpha value is -2.40. The molecule has 0 N–H and O–H groups in total. The van der Waals surface area contributed by atoms with Gasteiger partial charge < -0.3 is 4.90 Å². The second-order valence-electron chi connectivity index (χ2n) is 6.45. The SMILES string of the molecule is CC1C=CC(n2cnc3c(sc4cccc(N(C)C)c43)c2=O)=CC1. The number of nitrogens with zero attached hydrogens (tertiary/aromatic N) is 3. The normalized spacial score (nSPS) is 17.5. The van der Waals surface area contributed by atoms with Crippen molar-refractivity contribution in [2.24, 2.45) is 5.92 Å². The largest absolute Gasteiger partial charge is 0.377 e. The zero-order chi connectivity index (χ0) is 16.8. The molecule has 0 amide bonds. The zero-order valence-electron chi connectivity index (χ0n) is 14.0. The summed E-state index contributed by atoms with van der Waals surface area (Å²) in [5.41, 5.74) is 2.82. The number of hydrogen-bond acceptors (Lipinski definition) is 4. The predicted octanol–water partition coefficient (Wildman–Crippen LogP) is 4.11. The molecule has 0 saturated heterocycles. The van der Waals surface area contributed by atoms with Gasteiger partial charge >= 0.3 is 0 Å². The lowest BCUT2D eigenvalue weighted by molar-refractivity contribution is 0.732. The zero-order valence-corrected chi connectivity index (χ0v) is 14.8. The Morgan fingerprint density at radius 1 is 1.33 bits per heavy atom. The average Bonchev–Trinajstić information content (AvgIpc) is 2.96. The maximum Gasteiger partial charge on any atom is 0.275 e. The Balaban J connectivity index is 1.98. The van der Waals surface area contributed by atoms with Gasteiger partial charge in [-0.2, -0.15) is 0 Å². The predicted molar refractivity (Wildman–Crippen MR) is 103 cm³/mol. The second-order valence-corrected chi connectivity index (χ2v) is 7.50. The summed E-state index contributed by atoms with van der Waals surface area (Å²) in [6, 6.07) is 6.15. The third kappa shape index (κ3) is 2.27. The minimum Gasteiger partial charge on any atom is -0.377 e. The van der Waals surface area contributed by atoms with E-state index in [-0.39, 0.29) is 5.56 Å². The van der Waals surface area contributed by atoms with Crippen LogP contribution in [0.4, 0.5) is 5.69 Å². The van der Waals surface area contributed by atoms with Crippen molar-refractivity contribution in [2.45, 2.75) is 13.3 Å². The van der Waals surface area contributed by atoms with Crippen LogP contribution in [0.25, 0.3) is 26.0 Å². The molecular weight excluding hydrogens is 318 g/mol. The molecule has 0 saturated carbocycles. The summed E-state index contributed by atoms with van der Waals surface area (Å²) in [5.74, 6) is 0.521. The number of aromatic nitrogens is 2.